The number of fused-ring (bicyclic) bond motifs is 1. The first-order valence-electron chi connectivity index (χ1n) is 8.89. The van der Waals surface area contributed by atoms with Crippen LogP contribution in [0.15, 0.2) is 18.2 Å². The molecule has 2 fully saturated rings. The van der Waals surface area contributed by atoms with Crippen molar-refractivity contribution in [2.45, 2.75) is 37.6 Å². The molecule has 8 nitrogen and oxygen atoms in total. The molecule has 3 heterocycles. The summed E-state index contributed by atoms with van der Waals surface area (Å²) in [5, 5.41) is 8.20. The van der Waals surface area contributed by atoms with Gasteiger partial charge in [0.05, 0.1) is 17.2 Å². The normalized spacial score (nSPS) is 27.9. The van der Waals surface area contributed by atoms with E-state index in [1.807, 2.05) is 0 Å². The van der Waals surface area contributed by atoms with E-state index in [0.717, 1.165) is 4.90 Å². The van der Waals surface area contributed by atoms with Crippen molar-refractivity contribution in [3.8, 4) is 0 Å². The van der Waals surface area contributed by atoms with Crippen molar-refractivity contribution >= 4 is 23.6 Å². The second-order valence-electron chi connectivity index (χ2n) is 6.95. The van der Waals surface area contributed by atoms with Crippen molar-refractivity contribution in [1.82, 2.24) is 20.9 Å². The van der Waals surface area contributed by atoms with Crippen LogP contribution in [0.1, 0.15) is 39.1 Å². The Bertz CT molecular complexity index is 843. The second-order valence-corrected chi connectivity index (χ2v) is 6.95. The van der Waals surface area contributed by atoms with Crippen LogP contribution in [0.3, 0.4) is 0 Å². The first-order valence-corrected chi connectivity index (χ1v) is 8.89. The highest BCUT2D eigenvalue weighted by Crippen LogP contribution is 2.30. The van der Waals surface area contributed by atoms with E-state index in [0.29, 0.717) is 12.1 Å². The third-order valence-corrected chi connectivity index (χ3v) is 5.25. The Morgan fingerprint density at radius 3 is 2.67 bits per heavy atom. The van der Waals surface area contributed by atoms with Crippen molar-refractivity contribution in [2.75, 3.05) is 13.1 Å². The fourth-order valence-corrected chi connectivity index (χ4v) is 3.82. The zero-order chi connectivity index (χ0) is 19.1. The SMILES string of the molecule is O=C1CCC(N2C(=O)c3cccc(CN[C@H]4CNC[C@H]4F)c3C2=O)C(=O)N1. The lowest BCUT2D eigenvalue weighted by Crippen LogP contribution is -2.54. The number of carbonyl (C=O) groups is 4. The van der Waals surface area contributed by atoms with E-state index >= 15 is 0 Å². The molecule has 3 N–H and O–H groups in total. The Morgan fingerprint density at radius 2 is 1.96 bits per heavy atom. The van der Waals surface area contributed by atoms with E-state index in [2.05, 4.69) is 16.0 Å². The zero-order valence-corrected chi connectivity index (χ0v) is 14.5. The molecule has 3 atom stereocenters. The van der Waals surface area contributed by atoms with Gasteiger partial charge in [-0.25, -0.2) is 4.39 Å². The molecule has 1 aromatic carbocycles. The van der Waals surface area contributed by atoms with Gasteiger partial charge in [-0.2, -0.15) is 0 Å². The zero-order valence-electron chi connectivity index (χ0n) is 14.5. The van der Waals surface area contributed by atoms with Crippen LogP contribution in [0.25, 0.3) is 0 Å². The third kappa shape index (κ3) is 3.02. The number of hydrogen-bond acceptors (Lipinski definition) is 6. The van der Waals surface area contributed by atoms with Crippen molar-refractivity contribution in [1.29, 1.82) is 0 Å². The van der Waals surface area contributed by atoms with E-state index in [-0.39, 0.29) is 43.1 Å². The topological polar surface area (TPSA) is 108 Å². The van der Waals surface area contributed by atoms with Crippen LogP contribution in [0, 0.1) is 0 Å². The Hall–Kier alpha value is -2.65. The average Bonchev–Trinajstić information content (AvgIpc) is 3.16. The largest absolute Gasteiger partial charge is 0.312 e. The number of nitrogens with zero attached hydrogens (tertiary/aromatic N) is 1. The van der Waals surface area contributed by atoms with Crippen LogP contribution < -0.4 is 16.0 Å². The molecular weight excluding hydrogens is 355 g/mol. The van der Waals surface area contributed by atoms with E-state index in [1.54, 1.807) is 18.2 Å². The molecule has 1 unspecified atom stereocenters. The summed E-state index contributed by atoms with van der Waals surface area (Å²) in [7, 11) is 0. The molecule has 0 bridgehead atoms. The molecule has 3 aliphatic heterocycles. The lowest BCUT2D eigenvalue weighted by Gasteiger charge is -2.27. The van der Waals surface area contributed by atoms with E-state index in [1.165, 1.54) is 0 Å². The van der Waals surface area contributed by atoms with Crippen LogP contribution in [0.5, 0.6) is 0 Å². The number of halogens is 1. The summed E-state index contributed by atoms with van der Waals surface area (Å²) in [6, 6.07) is 3.56. The van der Waals surface area contributed by atoms with Gasteiger partial charge >= 0.3 is 0 Å². The molecule has 3 aliphatic rings. The predicted octanol–water partition coefficient (Wildman–Crippen LogP) is -0.513. The summed E-state index contributed by atoms with van der Waals surface area (Å²) < 4.78 is 13.8. The first-order chi connectivity index (χ1) is 13.0. The van der Waals surface area contributed by atoms with E-state index in [9.17, 15) is 23.6 Å². The highest BCUT2D eigenvalue weighted by Gasteiger charge is 2.45. The van der Waals surface area contributed by atoms with Gasteiger partial charge in [0, 0.05) is 26.1 Å². The van der Waals surface area contributed by atoms with E-state index < -0.39 is 35.8 Å². The Kier molecular flexibility index (Phi) is 4.48. The number of rotatable bonds is 4. The minimum atomic E-state index is -1.01. The summed E-state index contributed by atoms with van der Waals surface area (Å²) in [5.41, 5.74) is 1.05. The molecule has 142 valence electrons. The maximum absolute atomic E-state index is 13.8. The standard InChI is InChI=1S/C18H19FN4O4/c19-11-7-20-8-12(11)21-6-9-2-1-3-10-15(9)18(27)23(17(10)26)13-4-5-14(24)22-16(13)25/h1-3,11-13,20-21H,4-8H2,(H,22,24,25)/t11-,12+,13?/m1/s1. The van der Waals surface area contributed by atoms with Gasteiger partial charge in [0.1, 0.15) is 12.2 Å². The van der Waals surface area contributed by atoms with Crippen molar-refractivity contribution < 1.29 is 23.6 Å². The molecule has 1 aromatic rings. The number of amides is 4. The van der Waals surface area contributed by atoms with Crippen LogP contribution in [-0.4, -0.2) is 59.9 Å². The minimum absolute atomic E-state index is 0.0742. The molecule has 2 saturated heterocycles. The van der Waals surface area contributed by atoms with E-state index in [4.69, 9.17) is 0 Å². The smallest absolute Gasteiger partial charge is 0.262 e. The molecule has 4 amide bonds. The van der Waals surface area contributed by atoms with Gasteiger partial charge in [-0.15, -0.1) is 0 Å². The number of imide groups is 2. The summed E-state index contributed by atoms with van der Waals surface area (Å²) >= 11 is 0. The average molecular weight is 374 g/mol. The van der Waals surface area contributed by atoms with Gasteiger partial charge < -0.3 is 10.6 Å². The van der Waals surface area contributed by atoms with Gasteiger partial charge in [-0.1, -0.05) is 12.1 Å². The summed E-state index contributed by atoms with van der Waals surface area (Å²) in [5.74, 6) is -2.15. The molecular formula is C18H19FN4O4. The highest BCUT2D eigenvalue weighted by atomic mass is 19.1. The molecule has 0 aliphatic carbocycles. The van der Waals surface area contributed by atoms with Crippen molar-refractivity contribution in [3.63, 3.8) is 0 Å². The van der Waals surface area contributed by atoms with Gasteiger partial charge in [-0.3, -0.25) is 29.4 Å². The van der Waals surface area contributed by atoms with Crippen LogP contribution in [0.4, 0.5) is 4.39 Å². The van der Waals surface area contributed by atoms with Crippen LogP contribution in [0.2, 0.25) is 0 Å². The number of carbonyl (C=O) groups excluding carboxylic acids is 4. The first kappa shape index (κ1) is 17.7. The quantitative estimate of drug-likeness (QED) is 0.613. The molecule has 9 heteroatoms. The van der Waals surface area contributed by atoms with Gasteiger partial charge in [0.15, 0.2) is 0 Å². The van der Waals surface area contributed by atoms with Gasteiger partial charge in [-0.05, 0) is 18.1 Å². The molecule has 0 aromatic heterocycles. The fraction of sp³-hybridized carbons (Fsp3) is 0.444. The Balaban J connectivity index is 1.58. The summed E-state index contributed by atoms with van der Waals surface area (Å²) in [6.07, 6.45) is -0.828. The maximum atomic E-state index is 13.8. The molecule has 4 rings (SSSR count). The fourth-order valence-electron chi connectivity index (χ4n) is 3.82. The predicted molar refractivity (Wildman–Crippen MR) is 91.5 cm³/mol. The Morgan fingerprint density at radius 1 is 1.15 bits per heavy atom. The van der Waals surface area contributed by atoms with Crippen molar-refractivity contribution in [2.24, 2.45) is 0 Å². The number of benzene rings is 1. The number of nitrogens with one attached hydrogen (secondary N) is 3. The summed E-state index contributed by atoms with van der Waals surface area (Å²) in [6.45, 7) is 1.01. The minimum Gasteiger partial charge on any atom is -0.312 e. The highest BCUT2D eigenvalue weighted by molar-refractivity contribution is 6.24. The maximum Gasteiger partial charge on any atom is 0.262 e. The molecule has 0 saturated carbocycles. The van der Waals surface area contributed by atoms with Crippen LogP contribution >= 0.6 is 0 Å². The lowest BCUT2D eigenvalue weighted by molar-refractivity contribution is -0.136. The Labute approximate surface area is 154 Å². The number of hydrogen-bond donors (Lipinski definition) is 3. The number of piperidine rings is 1. The molecule has 0 spiro atoms. The monoisotopic (exact) mass is 374 g/mol. The molecule has 27 heavy (non-hydrogen) atoms. The van der Waals surface area contributed by atoms with Gasteiger partial charge in [0.2, 0.25) is 11.8 Å². The third-order valence-electron chi connectivity index (χ3n) is 5.25. The lowest BCUT2D eigenvalue weighted by atomic mass is 10.0. The van der Waals surface area contributed by atoms with Gasteiger partial charge in [0.25, 0.3) is 11.8 Å². The van der Waals surface area contributed by atoms with Crippen LogP contribution in [-0.2, 0) is 16.1 Å². The number of alkyl halides is 1. The summed E-state index contributed by atoms with van der Waals surface area (Å²) in [4.78, 5) is 50.1. The second kappa shape index (κ2) is 6.82. The van der Waals surface area contributed by atoms with Crippen molar-refractivity contribution in [3.05, 3.63) is 34.9 Å². The molecule has 0 radical (unpaired) electrons.